The van der Waals surface area contributed by atoms with Crippen LogP contribution >= 0.6 is 0 Å². The average molecular weight is 326 g/mol. The summed E-state index contributed by atoms with van der Waals surface area (Å²) < 4.78 is 0. The van der Waals surface area contributed by atoms with Crippen molar-refractivity contribution in [3.63, 3.8) is 0 Å². The van der Waals surface area contributed by atoms with E-state index in [2.05, 4.69) is 4.89 Å². The zero-order valence-electron chi connectivity index (χ0n) is 13.1. The Hall–Kier alpha value is -3.18. The lowest BCUT2D eigenvalue weighted by atomic mass is 10.2. The minimum Gasteiger partial charge on any atom is -0.478 e. The fourth-order valence-electron chi connectivity index (χ4n) is 1.57. The molecule has 5 heteroatoms. The zero-order valence-corrected chi connectivity index (χ0v) is 13.1. The van der Waals surface area contributed by atoms with E-state index in [0.717, 1.165) is 5.56 Å². The fraction of sp³-hybridized carbons (Fsp3) is 0.0526. The Kier molecular flexibility index (Phi) is 8.28. The molecule has 0 unspecified atom stereocenters. The first-order chi connectivity index (χ1) is 11.5. The van der Waals surface area contributed by atoms with Crippen LogP contribution in [0.25, 0.3) is 6.08 Å². The smallest absolute Gasteiger partial charge is 0.372 e. The van der Waals surface area contributed by atoms with E-state index in [1.807, 2.05) is 36.4 Å². The second kappa shape index (κ2) is 10.5. The molecule has 0 amide bonds. The molecule has 124 valence electrons. The highest BCUT2D eigenvalue weighted by atomic mass is 17.1. The van der Waals surface area contributed by atoms with Crippen LogP contribution in [0.3, 0.4) is 0 Å². The maximum Gasteiger partial charge on any atom is 0.372 e. The van der Waals surface area contributed by atoms with E-state index in [4.69, 9.17) is 10.4 Å². The van der Waals surface area contributed by atoms with Gasteiger partial charge >= 0.3 is 11.9 Å². The van der Waals surface area contributed by atoms with Crippen LogP contribution in [0, 0.1) is 0 Å². The van der Waals surface area contributed by atoms with Crippen molar-refractivity contribution in [2.45, 2.75) is 6.92 Å². The van der Waals surface area contributed by atoms with Gasteiger partial charge in [0.1, 0.15) is 0 Å². The van der Waals surface area contributed by atoms with Gasteiger partial charge < -0.3 is 5.11 Å². The van der Waals surface area contributed by atoms with Crippen molar-refractivity contribution in [1.29, 1.82) is 0 Å². The van der Waals surface area contributed by atoms with Crippen molar-refractivity contribution in [2.24, 2.45) is 0 Å². The van der Waals surface area contributed by atoms with E-state index in [0.29, 0.717) is 11.1 Å². The third kappa shape index (κ3) is 7.20. The molecule has 0 spiro atoms. The van der Waals surface area contributed by atoms with Crippen molar-refractivity contribution >= 4 is 18.0 Å². The quantitative estimate of drug-likeness (QED) is 0.383. The van der Waals surface area contributed by atoms with Crippen LogP contribution in [-0.4, -0.2) is 22.3 Å². The SMILES string of the molecule is CC(=CC=Cc1ccccc1)C(=O)O.O=C(OO)c1ccccc1. The lowest BCUT2D eigenvalue weighted by Gasteiger charge is -1.92. The van der Waals surface area contributed by atoms with E-state index in [-0.39, 0.29) is 0 Å². The molecular formula is C19H18O5. The van der Waals surface area contributed by atoms with Crippen LogP contribution in [0.5, 0.6) is 0 Å². The first kappa shape index (κ1) is 18.9. The number of carbonyl (C=O) groups excluding carboxylic acids is 1. The van der Waals surface area contributed by atoms with Crippen LogP contribution in [-0.2, 0) is 9.68 Å². The summed E-state index contributed by atoms with van der Waals surface area (Å²) in [5.41, 5.74) is 1.73. The zero-order chi connectivity index (χ0) is 17.8. The minimum absolute atomic E-state index is 0.331. The first-order valence-electron chi connectivity index (χ1n) is 7.08. The molecule has 0 atom stereocenters. The molecule has 2 N–H and O–H groups in total. The molecule has 0 heterocycles. The topological polar surface area (TPSA) is 83.8 Å². The Morgan fingerprint density at radius 3 is 2.00 bits per heavy atom. The lowest BCUT2D eigenvalue weighted by Crippen LogP contribution is -2.00. The van der Waals surface area contributed by atoms with E-state index in [9.17, 15) is 9.59 Å². The lowest BCUT2D eigenvalue weighted by molar-refractivity contribution is -0.182. The second-order valence-electron chi connectivity index (χ2n) is 4.67. The van der Waals surface area contributed by atoms with Crippen molar-refractivity contribution in [3.8, 4) is 0 Å². The summed E-state index contributed by atoms with van der Waals surface area (Å²) >= 11 is 0. The van der Waals surface area contributed by atoms with E-state index < -0.39 is 11.9 Å². The van der Waals surface area contributed by atoms with E-state index in [1.54, 1.807) is 49.4 Å². The molecule has 0 aliphatic heterocycles. The number of hydrogen-bond donors (Lipinski definition) is 2. The Morgan fingerprint density at radius 2 is 1.50 bits per heavy atom. The van der Waals surface area contributed by atoms with Gasteiger partial charge in [-0.1, -0.05) is 66.8 Å². The van der Waals surface area contributed by atoms with Gasteiger partial charge in [0.25, 0.3) is 0 Å². The van der Waals surface area contributed by atoms with Crippen LogP contribution in [0.4, 0.5) is 0 Å². The monoisotopic (exact) mass is 326 g/mol. The Morgan fingerprint density at radius 1 is 0.958 bits per heavy atom. The number of benzene rings is 2. The van der Waals surface area contributed by atoms with Crippen LogP contribution in [0.15, 0.2) is 78.4 Å². The molecule has 0 bridgehead atoms. The molecule has 2 aromatic carbocycles. The summed E-state index contributed by atoms with van der Waals surface area (Å²) in [6.45, 7) is 1.57. The van der Waals surface area contributed by atoms with Gasteiger partial charge in [-0.15, -0.1) is 0 Å². The van der Waals surface area contributed by atoms with Gasteiger partial charge in [-0.3, -0.25) is 4.89 Å². The molecular weight excluding hydrogens is 308 g/mol. The maximum atomic E-state index is 10.5. The summed E-state index contributed by atoms with van der Waals surface area (Å²) in [6, 6.07) is 18.0. The Labute approximate surface area is 140 Å². The van der Waals surface area contributed by atoms with Crippen molar-refractivity contribution in [2.75, 3.05) is 0 Å². The number of rotatable bonds is 4. The van der Waals surface area contributed by atoms with Gasteiger partial charge in [-0.05, 0) is 24.6 Å². The van der Waals surface area contributed by atoms with E-state index in [1.165, 1.54) is 0 Å². The normalized spacial score (nSPS) is 10.7. The highest BCUT2D eigenvalue weighted by Crippen LogP contribution is 2.02. The van der Waals surface area contributed by atoms with Crippen molar-refractivity contribution in [3.05, 3.63) is 89.5 Å². The summed E-state index contributed by atoms with van der Waals surface area (Å²) in [5.74, 6) is -1.62. The number of carboxylic acid groups (broad SMARTS) is 1. The molecule has 5 nitrogen and oxygen atoms in total. The largest absolute Gasteiger partial charge is 0.478 e. The number of aliphatic carboxylic acids is 1. The number of hydrogen-bond acceptors (Lipinski definition) is 4. The Bertz CT molecular complexity index is 703. The summed E-state index contributed by atoms with van der Waals surface area (Å²) in [7, 11) is 0. The molecule has 0 saturated heterocycles. The highest BCUT2D eigenvalue weighted by molar-refractivity contribution is 5.88. The maximum absolute atomic E-state index is 10.5. The third-order valence-corrected chi connectivity index (χ3v) is 2.86. The first-order valence-corrected chi connectivity index (χ1v) is 7.08. The summed E-state index contributed by atoms with van der Waals surface area (Å²) in [5, 5.41) is 16.5. The molecule has 0 radical (unpaired) electrons. The van der Waals surface area contributed by atoms with Gasteiger partial charge in [-0.2, -0.15) is 5.26 Å². The van der Waals surface area contributed by atoms with Crippen LogP contribution in [0.2, 0.25) is 0 Å². The average Bonchev–Trinajstić information content (AvgIpc) is 2.63. The minimum atomic E-state index is -0.886. The molecule has 0 aromatic heterocycles. The molecule has 24 heavy (non-hydrogen) atoms. The molecule has 0 saturated carbocycles. The van der Waals surface area contributed by atoms with Gasteiger partial charge in [0, 0.05) is 5.57 Å². The van der Waals surface area contributed by atoms with Crippen LogP contribution in [0.1, 0.15) is 22.8 Å². The predicted molar refractivity (Wildman–Crippen MR) is 91.4 cm³/mol. The summed E-state index contributed by atoms with van der Waals surface area (Å²) in [4.78, 5) is 24.5. The molecule has 2 aromatic rings. The molecule has 0 aliphatic rings. The predicted octanol–water partition coefficient (Wildman–Crippen LogP) is 4.05. The van der Waals surface area contributed by atoms with Crippen molar-refractivity contribution < 1.29 is 24.8 Å². The molecule has 2 rings (SSSR count). The van der Waals surface area contributed by atoms with E-state index >= 15 is 0 Å². The molecule has 0 aliphatic carbocycles. The number of carbonyl (C=O) groups is 2. The van der Waals surface area contributed by atoms with Gasteiger partial charge in [-0.25, -0.2) is 9.59 Å². The fourth-order valence-corrected chi connectivity index (χ4v) is 1.57. The van der Waals surface area contributed by atoms with Crippen molar-refractivity contribution in [1.82, 2.24) is 0 Å². The van der Waals surface area contributed by atoms with Gasteiger partial charge in [0.15, 0.2) is 0 Å². The standard InChI is InChI=1S/C12H12O2.C7H6O3/c1-10(12(13)14)6-5-9-11-7-3-2-4-8-11;8-7(10-9)6-4-2-1-3-5-6/h2-9H,1H3,(H,13,14);1-5,9H. The summed E-state index contributed by atoms with van der Waals surface area (Å²) in [6.07, 6.45) is 5.18. The Balaban J connectivity index is 0.000000254. The third-order valence-electron chi connectivity index (χ3n) is 2.86. The highest BCUT2D eigenvalue weighted by Gasteiger charge is 2.02. The number of allylic oxidation sites excluding steroid dienone is 2. The molecule has 0 fully saturated rings. The van der Waals surface area contributed by atoms with Crippen LogP contribution < -0.4 is 0 Å². The number of carboxylic acids is 1. The second-order valence-corrected chi connectivity index (χ2v) is 4.67. The van der Waals surface area contributed by atoms with Gasteiger partial charge in [0.2, 0.25) is 0 Å². The van der Waals surface area contributed by atoms with Gasteiger partial charge in [0.05, 0.1) is 5.56 Å².